The van der Waals surface area contributed by atoms with E-state index in [1.165, 1.54) is 18.4 Å². The smallest absolute Gasteiger partial charge is 0.126 e. The Morgan fingerprint density at radius 2 is 2.14 bits per heavy atom. The minimum atomic E-state index is 0.309. The van der Waals surface area contributed by atoms with Crippen molar-refractivity contribution < 1.29 is 0 Å². The fourth-order valence-corrected chi connectivity index (χ4v) is 3.70. The number of hydrogen-bond donors (Lipinski definition) is 1. The summed E-state index contributed by atoms with van der Waals surface area (Å²) in [4.78, 5) is 7.40. The summed E-state index contributed by atoms with van der Waals surface area (Å²) in [7, 11) is 2.12. The molecule has 0 amide bonds. The summed E-state index contributed by atoms with van der Waals surface area (Å²) < 4.78 is 2.23. The van der Waals surface area contributed by atoms with Gasteiger partial charge in [-0.15, -0.1) is 0 Å². The van der Waals surface area contributed by atoms with Crippen molar-refractivity contribution in [2.75, 3.05) is 13.1 Å². The van der Waals surface area contributed by atoms with Gasteiger partial charge in [0.15, 0.2) is 0 Å². The molecule has 4 nitrogen and oxygen atoms in total. The van der Waals surface area contributed by atoms with E-state index >= 15 is 0 Å². The van der Waals surface area contributed by atoms with Crippen molar-refractivity contribution in [3.63, 3.8) is 0 Å². The van der Waals surface area contributed by atoms with Crippen LogP contribution < -0.4 is 5.73 Å². The van der Waals surface area contributed by atoms with Crippen LogP contribution >= 0.6 is 0 Å². The Morgan fingerprint density at radius 1 is 1.38 bits per heavy atom. The van der Waals surface area contributed by atoms with Gasteiger partial charge in [-0.05, 0) is 44.4 Å². The molecule has 2 aromatic rings. The number of likely N-dealkylation sites (tertiary alicyclic amines) is 1. The fraction of sp³-hybridized carbons (Fsp3) is 0.588. The van der Waals surface area contributed by atoms with Crippen molar-refractivity contribution in [1.82, 2.24) is 14.5 Å². The number of imidazole rings is 1. The second-order valence-electron chi connectivity index (χ2n) is 6.45. The van der Waals surface area contributed by atoms with Crippen molar-refractivity contribution in [2.24, 2.45) is 18.7 Å². The predicted octanol–water partition coefficient (Wildman–Crippen LogP) is 2.69. The van der Waals surface area contributed by atoms with E-state index in [-0.39, 0.29) is 0 Å². The average Bonchev–Trinajstić information content (AvgIpc) is 2.84. The quantitative estimate of drug-likeness (QED) is 0.943. The second-order valence-corrected chi connectivity index (χ2v) is 6.45. The standard InChI is InChI=1S/C17H26N4/c1-12-8-9-21(14(10-12)11-18)13(2)17-19-15-6-4-5-7-16(15)20(17)3/h4-7,12-14H,8-11,18H2,1-3H3. The Labute approximate surface area is 126 Å². The summed E-state index contributed by atoms with van der Waals surface area (Å²) in [5.74, 6) is 1.92. The summed E-state index contributed by atoms with van der Waals surface area (Å²) in [6.07, 6.45) is 2.45. The number of piperidine rings is 1. The first-order valence-corrected chi connectivity index (χ1v) is 7.99. The van der Waals surface area contributed by atoms with Gasteiger partial charge in [-0.3, -0.25) is 4.90 Å². The van der Waals surface area contributed by atoms with Crippen molar-refractivity contribution in [3.8, 4) is 0 Å². The van der Waals surface area contributed by atoms with E-state index in [1.54, 1.807) is 0 Å². The van der Waals surface area contributed by atoms with Gasteiger partial charge in [0.2, 0.25) is 0 Å². The van der Waals surface area contributed by atoms with Crippen LogP contribution in [0.4, 0.5) is 0 Å². The largest absolute Gasteiger partial charge is 0.330 e. The van der Waals surface area contributed by atoms with Crippen molar-refractivity contribution >= 4 is 11.0 Å². The summed E-state index contributed by atoms with van der Waals surface area (Å²) in [6.45, 7) is 6.45. The Morgan fingerprint density at radius 3 is 2.86 bits per heavy atom. The first kappa shape index (κ1) is 14.5. The maximum absolute atomic E-state index is 6.02. The molecule has 0 radical (unpaired) electrons. The molecular weight excluding hydrogens is 260 g/mol. The lowest BCUT2D eigenvalue weighted by atomic mass is 9.91. The van der Waals surface area contributed by atoms with E-state index < -0.39 is 0 Å². The first-order chi connectivity index (χ1) is 10.1. The number of hydrogen-bond acceptors (Lipinski definition) is 3. The number of nitrogens with two attached hydrogens (primary N) is 1. The average molecular weight is 286 g/mol. The van der Waals surface area contributed by atoms with E-state index in [2.05, 4.69) is 54.6 Å². The molecule has 4 heteroatoms. The van der Waals surface area contributed by atoms with Crippen LogP contribution in [0.15, 0.2) is 24.3 Å². The van der Waals surface area contributed by atoms with Crippen LogP contribution in [0, 0.1) is 5.92 Å². The summed E-state index contributed by atoms with van der Waals surface area (Å²) in [5.41, 5.74) is 8.30. The lowest BCUT2D eigenvalue weighted by Crippen LogP contribution is -2.47. The minimum Gasteiger partial charge on any atom is -0.330 e. The molecule has 3 atom stereocenters. The van der Waals surface area contributed by atoms with Gasteiger partial charge in [0.25, 0.3) is 0 Å². The van der Waals surface area contributed by atoms with E-state index in [0.717, 1.165) is 30.3 Å². The third kappa shape index (κ3) is 2.58. The van der Waals surface area contributed by atoms with Crippen LogP contribution in [0.5, 0.6) is 0 Å². The molecule has 1 aliphatic heterocycles. The van der Waals surface area contributed by atoms with Crippen LogP contribution in [0.3, 0.4) is 0 Å². The van der Waals surface area contributed by atoms with Crippen LogP contribution in [0.1, 0.15) is 38.6 Å². The Hall–Kier alpha value is -1.39. The third-order valence-electron chi connectivity index (χ3n) is 4.99. The van der Waals surface area contributed by atoms with Crippen molar-refractivity contribution in [1.29, 1.82) is 0 Å². The lowest BCUT2D eigenvalue weighted by Gasteiger charge is -2.41. The number of nitrogens with zero attached hydrogens (tertiary/aromatic N) is 3. The van der Waals surface area contributed by atoms with E-state index in [0.29, 0.717) is 12.1 Å². The third-order valence-corrected chi connectivity index (χ3v) is 4.99. The van der Waals surface area contributed by atoms with Gasteiger partial charge in [0.05, 0.1) is 17.1 Å². The second kappa shape index (κ2) is 5.78. The molecule has 21 heavy (non-hydrogen) atoms. The maximum Gasteiger partial charge on any atom is 0.126 e. The fourth-order valence-electron chi connectivity index (χ4n) is 3.70. The highest BCUT2D eigenvalue weighted by Crippen LogP contribution is 2.31. The molecular formula is C17H26N4. The number of para-hydroxylation sites is 2. The van der Waals surface area contributed by atoms with Gasteiger partial charge in [-0.25, -0.2) is 4.98 Å². The summed E-state index contributed by atoms with van der Waals surface area (Å²) in [6, 6.07) is 9.13. The maximum atomic E-state index is 6.02. The van der Waals surface area contributed by atoms with Crippen LogP contribution in [-0.4, -0.2) is 33.6 Å². The molecule has 1 fully saturated rings. The van der Waals surface area contributed by atoms with Gasteiger partial charge in [-0.2, -0.15) is 0 Å². The molecule has 0 bridgehead atoms. The zero-order valence-electron chi connectivity index (χ0n) is 13.3. The molecule has 1 aromatic heterocycles. The lowest BCUT2D eigenvalue weighted by molar-refractivity contribution is 0.0786. The van der Waals surface area contributed by atoms with E-state index in [1.807, 2.05) is 0 Å². The molecule has 2 heterocycles. The monoisotopic (exact) mass is 286 g/mol. The normalized spacial score (nSPS) is 25.3. The van der Waals surface area contributed by atoms with Crippen molar-refractivity contribution in [3.05, 3.63) is 30.1 Å². The summed E-state index contributed by atoms with van der Waals surface area (Å²) >= 11 is 0. The minimum absolute atomic E-state index is 0.309. The highest BCUT2D eigenvalue weighted by molar-refractivity contribution is 5.75. The molecule has 1 saturated heterocycles. The highest BCUT2D eigenvalue weighted by Gasteiger charge is 2.31. The Balaban J connectivity index is 1.92. The summed E-state index contributed by atoms with van der Waals surface area (Å²) in [5, 5.41) is 0. The zero-order chi connectivity index (χ0) is 15.0. The Bertz CT molecular complexity index is 618. The van der Waals surface area contributed by atoms with Gasteiger partial charge in [0.1, 0.15) is 5.82 Å². The molecule has 0 aliphatic carbocycles. The topological polar surface area (TPSA) is 47.1 Å². The molecule has 114 valence electrons. The number of benzene rings is 1. The molecule has 0 saturated carbocycles. The van der Waals surface area contributed by atoms with E-state index in [9.17, 15) is 0 Å². The predicted molar refractivity (Wildman–Crippen MR) is 87.1 cm³/mol. The molecule has 0 spiro atoms. The zero-order valence-corrected chi connectivity index (χ0v) is 13.3. The molecule has 1 aromatic carbocycles. The van der Waals surface area contributed by atoms with Gasteiger partial charge >= 0.3 is 0 Å². The molecule has 3 unspecified atom stereocenters. The number of fused-ring (bicyclic) bond motifs is 1. The Kier molecular flexibility index (Phi) is 4.00. The van der Waals surface area contributed by atoms with Crippen LogP contribution in [-0.2, 0) is 7.05 Å². The van der Waals surface area contributed by atoms with E-state index in [4.69, 9.17) is 10.7 Å². The highest BCUT2D eigenvalue weighted by atomic mass is 15.2. The van der Waals surface area contributed by atoms with Gasteiger partial charge in [0, 0.05) is 19.6 Å². The number of aryl methyl sites for hydroxylation is 1. The molecule has 2 N–H and O–H groups in total. The SMILES string of the molecule is CC1CCN(C(C)c2nc3ccccc3n2C)C(CN)C1. The van der Waals surface area contributed by atoms with Gasteiger partial charge < -0.3 is 10.3 Å². The van der Waals surface area contributed by atoms with Crippen LogP contribution in [0.25, 0.3) is 11.0 Å². The van der Waals surface area contributed by atoms with Crippen molar-refractivity contribution in [2.45, 2.75) is 38.8 Å². The van der Waals surface area contributed by atoms with Gasteiger partial charge in [-0.1, -0.05) is 19.1 Å². The number of rotatable bonds is 3. The number of aromatic nitrogens is 2. The molecule has 1 aliphatic rings. The molecule has 3 rings (SSSR count). The first-order valence-electron chi connectivity index (χ1n) is 7.99. The van der Waals surface area contributed by atoms with Crippen LogP contribution in [0.2, 0.25) is 0 Å².